The summed E-state index contributed by atoms with van der Waals surface area (Å²) in [6, 6.07) is 6.96. The Hall–Kier alpha value is -2.28. The summed E-state index contributed by atoms with van der Waals surface area (Å²) >= 11 is 1.61. The number of nitrogens with one attached hydrogen (secondary N) is 2. The molecule has 1 aliphatic heterocycles. The molecule has 2 aromatic heterocycles. The minimum absolute atomic E-state index is 0.0467. The van der Waals surface area contributed by atoms with Gasteiger partial charge in [0.2, 0.25) is 0 Å². The topological polar surface area (TPSA) is 74.6 Å². The van der Waals surface area contributed by atoms with Gasteiger partial charge in [-0.05, 0) is 23.6 Å². The molecule has 3 heterocycles. The summed E-state index contributed by atoms with van der Waals surface area (Å²) in [5, 5.41) is 7.39. The standard InChI is InChI=1S/C14H15N3O3S/c18-13-15-5-6-17(13)14(19)16-9-10(11-3-1-7-20-11)12-4-2-8-21-12/h1-4,7-8,10H,5-6,9H2,(H,15,18)(H,16,19)/t10-/m0/s1. The van der Waals surface area contributed by atoms with E-state index in [1.807, 2.05) is 29.6 Å². The molecule has 6 nitrogen and oxygen atoms in total. The second-order valence-corrected chi connectivity index (χ2v) is 5.63. The second-order valence-electron chi connectivity index (χ2n) is 4.65. The minimum atomic E-state index is -0.377. The fraction of sp³-hybridized carbons (Fsp3) is 0.286. The molecule has 1 fully saturated rings. The average molecular weight is 305 g/mol. The fourth-order valence-electron chi connectivity index (χ4n) is 2.27. The van der Waals surface area contributed by atoms with Crippen molar-refractivity contribution < 1.29 is 14.0 Å². The van der Waals surface area contributed by atoms with Crippen molar-refractivity contribution in [1.29, 1.82) is 0 Å². The molecule has 0 aliphatic carbocycles. The monoisotopic (exact) mass is 305 g/mol. The average Bonchev–Trinajstić information content (AvgIpc) is 3.21. The molecular formula is C14H15N3O3S. The van der Waals surface area contributed by atoms with Gasteiger partial charge in [0.05, 0.1) is 12.2 Å². The van der Waals surface area contributed by atoms with E-state index in [4.69, 9.17) is 4.42 Å². The SMILES string of the molecule is O=C1NCCN1C(=O)NC[C@@H](c1ccco1)c1cccs1. The number of nitrogens with zero attached hydrogens (tertiary/aromatic N) is 1. The van der Waals surface area contributed by atoms with Crippen LogP contribution in [0.4, 0.5) is 9.59 Å². The van der Waals surface area contributed by atoms with Gasteiger partial charge in [0.25, 0.3) is 0 Å². The molecule has 0 unspecified atom stereocenters. The number of hydrogen-bond donors (Lipinski definition) is 2. The molecular weight excluding hydrogens is 290 g/mol. The maximum absolute atomic E-state index is 12.0. The van der Waals surface area contributed by atoms with Crippen molar-refractivity contribution in [2.75, 3.05) is 19.6 Å². The van der Waals surface area contributed by atoms with Crippen LogP contribution in [0.2, 0.25) is 0 Å². The second kappa shape index (κ2) is 6.01. The third kappa shape index (κ3) is 2.92. The van der Waals surface area contributed by atoms with E-state index in [0.717, 1.165) is 10.6 Å². The van der Waals surface area contributed by atoms with E-state index in [1.165, 1.54) is 4.90 Å². The van der Waals surface area contributed by atoms with E-state index in [1.54, 1.807) is 17.6 Å². The van der Waals surface area contributed by atoms with E-state index >= 15 is 0 Å². The summed E-state index contributed by atoms with van der Waals surface area (Å²) in [5.41, 5.74) is 0. The summed E-state index contributed by atoms with van der Waals surface area (Å²) in [6.07, 6.45) is 1.62. The largest absolute Gasteiger partial charge is 0.469 e. The molecule has 3 rings (SSSR count). The molecule has 0 aromatic carbocycles. The molecule has 1 saturated heterocycles. The Kier molecular flexibility index (Phi) is 3.92. The van der Waals surface area contributed by atoms with E-state index in [0.29, 0.717) is 19.6 Å². The highest BCUT2D eigenvalue weighted by molar-refractivity contribution is 7.10. The van der Waals surface area contributed by atoms with Gasteiger partial charge < -0.3 is 15.1 Å². The van der Waals surface area contributed by atoms with Crippen LogP contribution in [0.15, 0.2) is 40.3 Å². The highest BCUT2D eigenvalue weighted by Crippen LogP contribution is 2.28. The molecule has 0 radical (unpaired) electrons. The maximum atomic E-state index is 12.0. The van der Waals surface area contributed by atoms with Gasteiger partial charge in [-0.2, -0.15) is 0 Å². The zero-order valence-corrected chi connectivity index (χ0v) is 12.1. The Morgan fingerprint density at radius 1 is 1.48 bits per heavy atom. The van der Waals surface area contributed by atoms with Crippen LogP contribution in [0.5, 0.6) is 0 Å². The van der Waals surface area contributed by atoms with Crippen molar-refractivity contribution in [2.45, 2.75) is 5.92 Å². The van der Waals surface area contributed by atoms with Crippen LogP contribution in [0.3, 0.4) is 0 Å². The van der Waals surface area contributed by atoms with E-state index in [9.17, 15) is 9.59 Å². The first kappa shape index (κ1) is 13.7. The van der Waals surface area contributed by atoms with Crippen molar-refractivity contribution in [3.8, 4) is 0 Å². The molecule has 1 atom stereocenters. The molecule has 2 aromatic rings. The van der Waals surface area contributed by atoms with Gasteiger partial charge in [-0.1, -0.05) is 6.07 Å². The van der Waals surface area contributed by atoms with Crippen LogP contribution in [0.25, 0.3) is 0 Å². The van der Waals surface area contributed by atoms with Crippen molar-refractivity contribution in [2.24, 2.45) is 0 Å². The number of hydrogen-bond acceptors (Lipinski definition) is 4. The van der Waals surface area contributed by atoms with Crippen LogP contribution in [0, 0.1) is 0 Å². The highest BCUT2D eigenvalue weighted by atomic mass is 32.1. The van der Waals surface area contributed by atoms with E-state index in [2.05, 4.69) is 10.6 Å². The molecule has 110 valence electrons. The highest BCUT2D eigenvalue weighted by Gasteiger charge is 2.27. The summed E-state index contributed by atoms with van der Waals surface area (Å²) in [4.78, 5) is 25.8. The Morgan fingerprint density at radius 2 is 2.38 bits per heavy atom. The number of furan rings is 1. The molecule has 21 heavy (non-hydrogen) atoms. The quantitative estimate of drug-likeness (QED) is 0.909. The van der Waals surface area contributed by atoms with Crippen LogP contribution in [0.1, 0.15) is 16.6 Å². The number of imide groups is 1. The summed E-state index contributed by atoms with van der Waals surface area (Å²) in [7, 11) is 0. The third-order valence-electron chi connectivity index (χ3n) is 3.33. The molecule has 0 spiro atoms. The molecule has 4 amide bonds. The Morgan fingerprint density at radius 3 is 3.00 bits per heavy atom. The van der Waals surface area contributed by atoms with Gasteiger partial charge in [-0.3, -0.25) is 0 Å². The van der Waals surface area contributed by atoms with Crippen LogP contribution in [-0.4, -0.2) is 36.6 Å². The van der Waals surface area contributed by atoms with Gasteiger partial charge in [0.15, 0.2) is 0 Å². The van der Waals surface area contributed by atoms with Crippen LogP contribution in [-0.2, 0) is 0 Å². The van der Waals surface area contributed by atoms with Crippen molar-refractivity contribution in [1.82, 2.24) is 15.5 Å². The van der Waals surface area contributed by atoms with Crippen molar-refractivity contribution in [3.05, 3.63) is 46.5 Å². The first-order valence-electron chi connectivity index (χ1n) is 6.65. The lowest BCUT2D eigenvalue weighted by Gasteiger charge is -2.17. The van der Waals surface area contributed by atoms with Gasteiger partial charge in [-0.15, -0.1) is 11.3 Å². The lowest BCUT2D eigenvalue weighted by Crippen LogP contribution is -2.43. The van der Waals surface area contributed by atoms with Gasteiger partial charge in [0, 0.05) is 24.5 Å². The number of urea groups is 2. The van der Waals surface area contributed by atoms with Gasteiger partial charge in [-0.25, -0.2) is 14.5 Å². The number of carbonyl (C=O) groups is 2. The smallest absolute Gasteiger partial charge is 0.325 e. The molecule has 0 saturated carbocycles. The van der Waals surface area contributed by atoms with Crippen molar-refractivity contribution >= 4 is 23.4 Å². The summed E-state index contributed by atoms with van der Waals surface area (Å²) in [6.45, 7) is 1.28. The summed E-state index contributed by atoms with van der Waals surface area (Å²) in [5.74, 6) is 0.748. The lowest BCUT2D eigenvalue weighted by atomic mass is 10.1. The van der Waals surface area contributed by atoms with Crippen LogP contribution >= 0.6 is 11.3 Å². The maximum Gasteiger partial charge on any atom is 0.325 e. The zero-order valence-electron chi connectivity index (χ0n) is 11.2. The Balaban J connectivity index is 1.68. The normalized spacial score (nSPS) is 15.8. The Bertz CT molecular complexity index is 575. The molecule has 0 bridgehead atoms. The molecule has 1 aliphatic rings. The first-order chi connectivity index (χ1) is 10.3. The number of carbonyl (C=O) groups excluding carboxylic acids is 2. The first-order valence-corrected chi connectivity index (χ1v) is 7.53. The third-order valence-corrected chi connectivity index (χ3v) is 4.32. The number of amides is 4. The van der Waals surface area contributed by atoms with Gasteiger partial charge >= 0.3 is 12.1 Å². The predicted molar refractivity (Wildman–Crippen MR) is 78.4 cm³/mol. The fourth-order valence-corrected chi connectivity index (χ4v) is 3.11. The minimum Gasteiger partial charge on any atom is -0.469 e. The Labute approximate surface area is 125 Å². The van der Waals surface area contributed by atoms with E-state index < -0.39 is 0 Å². The molecule has 7 heteroatoms. The number of thiophene rings is 1. The molecule has 2 N–H and O–H groups in total. The van der Waals surface area contributed by atoms with E-state index in [-0.39, 0.29) is 18.0 Å². The van der Waals surface area contributed by atoms with Crippen LogP contribution < -0.4 is 10.6 Å². The number of rotatable bonds is 4. The summed E-state index contributed by atoms with van der Waals surface area (Å²) < 4.78 is 5.46. The lowest BCUT2D eigenvalue weighted by molar-refractivity contribution is 0.198. The predicted octanol–water partition coefficient (Wildman–Crippen LogP) is 2.21. The zero-order chi connectivity index (χ0) is 14.7. The van der Waals surface area contributed by atoms with Crippen molar-refractivity contribution in [3.63, 3.8) is 0 Å². The van der Waals surface area contributed by atoms with Gasteiger partial charge in [0.1, 0.15) is 5.76 Å².